The zero-order valence-electron chi connectivity index (χ0n) is 16.6. The molecule has 0 aliphatic carbocycles. The lowest BCUT2D eigenvalue weighted by Gasteiger charge is -1.98. The van der Waals surface area contributed by atoms with Crippen LogP contribution in [0.15, 0.2) is 78.6 Å². The van der Waals surface area contributed by atoms with Crippen LogP contribution in [-0.2, 0) is 20.0 Å². The molecule has 5 rings (SSSR count). The number of hydrogen-bond donors (Lipinski definition) is 1. The van der Waals surface area contributed by atoms with E-state index in [0.717, 1.165) is 28.2 Å². The number of aromatic nitrogens is 4. The topological polar surface area (TPSA) is 54.6 Å². The van der Waals surface area contributed by atoms with Crippen molar-refractivity contribution in [1.29, 1.82) is 0 Å². The average molecular weight is 414 g/mol. The Morgan fingerprint density at radius 3 is 2.93 bits per heavy atom. The van der Waals surface area contributed by atoms with E-state index in [-0.39, 0.29) is 5.78 Å². The Labute approximate surface area is 178 Å². The molecule has 30 heavy (non-hydrogen) atoms. The van der Waals surface area contributed by atoms with Gasteiger partial charge in [0.1, 0.15) is 0 Å². The zero-order chi connectivity index (χ0) is 20.5. The summed E-state index contributed by atoms with van der Waals surface area (Å²) in [6, 6.07) is 18.3. The summed E-state index contributed by atoms with van der Waals surface area (Å²) in [6.45, 7) is 0.321. The van der Waals surface area contributed by atoms with Crippen LogP contribution in [0, 0.1) is 0 Å². The first-order valence-electron chi connectivity index (χ1n) is 9.81. The molecule has 0 saturated heterocycles. The summed E-state index contributed by atoms with van der Waals surface area (Å²) in [5, 5.41) is 10.9. The van der Waals surface area contributed by atoms with Gasteiger partial charge in [-0.25, -0.2) is 0 Å². The van der Waals surface area contributed by atoms with E-state index in [1.165, 1.54) is 27.8 Å². The Hall–Kier alpha value is -3.51. The van der Waals surface area contributed by atoms with Crippen molar-refractivity contribution in [2.75, 3.05) is 0 Å². The fraction of sp³-hybridized carbons (Fsp3) is 0.125. The second-order valence-electron chi connectivity index (χ2n) is 7.40. The first-order chi connectivity index (χ1) is 14.7. The van der Waals surface area contributed by atoms with Crippen LogP contribution in [0.2, 0.25) is 0 Å². The lowest BCUT2D eigenvalue weighted by molar-refractivity contribution is -0.682. The van der Waals surface area contributed by atoms with Gasteiger partial charge in [-0.3, -0.25) is 9.89 Å². The third-order valence-electron chi connectivity index (χ3n) is 5.27. The monoisotopic (exact) mass is 413 g/mol. The number of Topliss-reactive ketones (excluding diaryl/α,β-unsaturated/α-hetero) is 1. The molecule has 5 aromatic rings. The van der Waals surface area contributed by atoms with Crippen LogP contribution in [-0.4, -0.2) is 20.5 Å². The zero-order valence-corrected chi connectivity index (χ0v) is 17.4. The molecule has 0 spiro atoms. The summed E-state index contributed by atoms with van der Waals surface area (Å²) in [4.78, 5) is 13.2. The normalized spacial score (nSPS) is 11.2. The minimum atomic E-state index is 0.117. The Morgan fingerprint density at radius 1 is 1.17 bits per heavy atom. The molecule has 5 nitrogen and oxygen atoms in total. The standard InChI is InChI=1S/C24H21N4OS/c1-27-14-18(20-7-2-3-8-22(20)27)12-19-13-21(26-25-19)17-6-4-10-28(15-17)16-23(29)24-9-5-11-30-24/h2-11,13-15H,12,16H2,1H3,(H,25,26)/q+1. The lowest BCUT2D eigenvalue weighted by Crippen LogP contribution is -2.37. The molecule has 1 aromatic carbocycles. The highest BCUT2D eigenvalue weighted by molar-refractivity contribution is 7.12. The number of nitrogens with one attached hydrogen (secondary N) is 1. The molecule has 4 aromatic heterocycles. The summed E-state index contributed by atoms with van der Waals surface area (Å²) < 4.78 is 4.07. The van der Waals surface area contributed by atoms with Crippen molar-refractivity contribution in [3.63, 3.8) is 0 Å². The van der Waals surface area contributed by atoms with Crippen molar-refractivity contribution in [2.45, 2.75) is 13.0 Å². The Balaban J connectivity index is 1.37. The van der Waals surface area contributed by atoms with Crippen LogP contribution >= 0.6 is 11.3 Å². The van der Waals surface area contributed by atoms with Gasteiger partial charge in [0.2, 0.25) is 12.3 Å². The number of ketones is 1. The molecule has 0 amide bonds. The molecular formula is C24H21N4OS+. The second kappa shape index (κ2) is 7.72. The van der Waals surface area contributed by atoms with Gasteiger partial charge >= 0.3 is 0 Å². The van der Waals surface area contributed by atoms with E-state index in [4.69, 9.17) is 0 Å². The van der Waals surface area contributed by atoms with E-state index in [0.29, 0.717) is 6.54 Å². The number of aryl methyl sites for hydroxylation is 1. The van der Waals surface area contributed by atoms with Gasteiger partial charge in [-0.05, 0) is 35.2 Å². The SMILES string of the molecule is Cn1cc(Cc2cc(-c3ccc[n+](CC(=O)c4cccs4)c3)n[nH]2)c2ccccc21. The van der Waals surface area contributed by atoms with Gasteiger partial charge in [0.15, 0.2) is 12.4 Å². The first-order valence-corrected chi connectivity index (χ1v) is 10.7. The van der Waals surface area contributed by atoms with Gasteiger partial charge in [0.05, 0.1) is 16.1 Å². The number of carbonyl (C=O) groups excluding carboxylic acids is 1. The number of carbonyl (C=O) groups is 1. The highest BCUT2D eigenvalue weighted by atomic mass is 32.1. The van der Waals surface area contributed by atoms with Gasteiger partial charge in [0.25, 0.3) is 0 Å². The molecule has 0 aliphatic heterocycles. The molecule has 0 atom stereocenters. The Morgan fingerprint density at radius 2 is 2.07 bits per heavy atom. The molecule has 4 heterocycles. The second-order valence-corrected chi connectivity index (χ2v) is 8.35. The molecule has 0 aliphatic rings. The maximum Gasteiger partial charge on any atom is 0.237 e. The molecule has 0 fully saturated rings. The summed E-state index contributed by atoms with van der Waals surface area (Å²) in [5.74, 6) is 0.117. The fourth-order valence-corrected chi connectivity index (χ4v) is 4.48. The molecule has 1 N–H and O–H groups in total. The molecule has 0 bridgehead atoms. The quantitative estimate of drug-likeness (QED) is 0.332. The summed E-state index contributed by atoms with van der Waals surface area (Å²) in [7, 11) is 2.07. The number of para-hydroxylation sites is 1. The molecule has 0 saturated carbocycles. The molecule has 6 heteroatoms. The third kappa shape index (κ3) is 3.57. The minimum Gasteiger partial charge on any atom is -0.350 e. The van der Waals surface area contributed by atoms with E-state index in [9.17, 15) is 4.79 Å². The van der Waals surface area contributed by atoms with Crippen molar-refractivity contribution in [1.82, 2.24) is 14.8 Å². The van der Waals surface area contributed by atoms with Gasteiger partial charge in [-0.1, -0.05) is 24.3 Å². The van der Waals surface area contributed by atoms with E-state index in [1.807, 2.05) is 46.6 Å². The molecule has 0 radical (unpaired) electrons. The van der Waals surface area contributed by atoms with Crippen LogP contribution < -0.4 is 4.57 Å². The first kappa shape index (κ1) is 18.5. The van der Waals surface area contributed by atoms with Gasteiger partial charge in [-0.2, -0.15) is 9.67 Å². The van der Waals surface area contributed by atoms with Crippen LogP contribution in [0.25, 0.3) is 22.2 Å². The highest BCUT2D eigenvalue weighted by Gasteiger charge is 2.15. The number of aromatic amines is 1. The maximum absolute atomic E-state index is 12.4. The van der Waals surface area contributed by atoms with Crippen LogP contribution in [0.4, 0.5) is 0 Å². The van der Waals surface area contributed by atoms with Crippen molar-refractivity contribution in [3.8, 4) is 11.3 Å². The van der Waals surface area contributed by atoms with E-state index in [2.05, 4.69) is 58.3 Å². The van der Waals surface area contributed by atoms with E-state index >= 15 is 0 Å². The fourth-order valence-electron chi connectivity index (χ4n) is 3.82. The largest absolute Gasteiger partial charge is 0.350 e. The smallest absolute Gasteiger partial charge is 0.237 e. The number of fused-ring (bicyclic) bond motifs is 1. The molecule has 0 unspecified atom stereocenters. The summed E-state index contributed by atoms with van der Waals surface area (Å²) in [6.07, 6.45) is 6.86. The Bertz CT molecular complexity index is 1330. The van der Waals surface area contributed by atoms with Crippen molar-refractivity contribution in [2.24, 2.45) is 7.05 Å². The number of nitrogens with zero attached hydrogens (tertiary/aromatic N) is 3. The predicted molar refractivity (Wildman–Crippen MR) is 119 cm³/mol. The molecule has 148 valence electrons. The average Bonchev–Trinajstić information content (AvgIpc) is 3.51. The van der Waals surface area contributed by atoms with Gasteiger partial charge in [0, 0.05) is 42.3 Å². The molecular weight excluding hydrogens is 392 g/mol. The number of pyridine rings is 1. The van der Waals surface area contributed by atoms with Crippen molar-refractivity contribution < 1.29 is 9.36 Å². The van der Waals surface area contributed by atoms with Gasteiger partial charge in [-0.15, -0.1) is 11.3 Å². The van der Waals surface area contributed by atoms with Crippen molar-refractivity contribution >= 4 is 28.0 Å². The van der Waals surface area contributed by atoms with Crippen LogP contribution in [0.5, 0.6) is 0 Å². The highest BCUT2D eigenvalue weighted by Crippen LogP contribution is 2.24. The third-order valence-corrected chi connectivity index (χ3v) is 6.18. The number of thiophene rings is 1. The summed E-state index contributed by atoms with van der Waals surface area (Å²) in [5.41, 5.74) is 5.42. The lowest BCUT2D eigenvalue weighted by atomic mass is 10.1. The van der Waals surface area contributed by atoms with E-state index in [1.54, 1.807) is 0 Å². The van der Waals surface area contributed by atoms with E-state index < -0.39 is 0 Å². The van der Waals surface area contributed by atoms with Crippen LogP contribution in [0.1, 0.15) is 20.9 Å². The maximum atomic E-state index is 12.4. The number of benzene rings is 1. The number of rotatable bonds is 6. The predicted octanol–water partition coefficient (Wildman–Crippen LogP) is 4.39. The van der Waals surface area contributed by atoms with Crippen LogP contribution in [0.3, 0.4) is 0 Å². The van der Waals surface area contributed by atoms with Crippen molar-refractivity contribution in [3.05, 3.63) is 94.7 Å². The number of hydrogen-bond acceptors (Lipinski definition) is 3. The van der Waals surface area contributed by atoms with Gasteiger partial charge < -0.3 is 4.57 Å². The number of H-pyrrole nitrogens is 1. The minimum absolute atomic E-state index is 0.117. The Kier molecular flexibility index (Phi) is 4.77. The summed E-state index contributed by atoms with van der Waals surface area (Å²) >= 11 is 1.48.